The van der Waals surface area contributed by atoms with E-state index in [-0.39, 0.29) is 0 Å². The molecule has 0 radical (unpaired) electrons. The summed E-state index contributed by atoms with van der Waals surface area (Å²) in [5.41, 5.74) is 6.18. The number of nitrogens with zero attached hydrogens (tertiary/aromatic N) is 4. The number of aromatic nitrogens is 4. The van der Waals surface area contributed by atoms with Crippen molar-refractivity contribution in [3.63, 3.8) is 0 Å². The van der Waals surface area contributed by atoms with Crippen LogP contribution in [0.25, 0.3) is 52.7 Å². The first-order chi connectivity index (χ1) is 13.9. The summed E-state index contributed by atoms with van der Waals surface area (Å²) in [5.74, 6) is 0. The van der Waals surface area contributed by atoms with Crippen LogP contribution in [0.3, 0.4) is 0 Å². The van der Waals surface area contributed by atoms with Crippen LogP contribution in [-0.4, -0.2) is 17.5 Å². The molecule has 0 aliphatic carbocycles. The first-order valence-corrected chi connectivity index (χ1v) is 11.6. The van der Waals surface area contributed by atoms with Crippen LogP contribution in [0, 0.1) is 0 Å². The average Bonchev–Trinajstić information content (AvgIpc) is 3.53. The molecule has 0 atom stereocenters. The van der Waals surface area contributed by atoms with Crippen molar-refractivity contribution in [3.05, 3.63) is 60.7 Å². The molecule has 4 aromatic heterocycles. The standard InChI is InChI=1S/C20H10N4S4/c1-3-11(19-13(5-1)21-27-23-19)15-7-9-17(25-15)18-10-8-16(26-18)12-4-2-6-14-20(12)24-28-22-14/h1-10H. The number of thiophene rings is 2. The zero-order valence-corrected chi connectivity index (χ0v) is 17.5. The SMILES string of the molecule is c1cc(-c2ccc(-c3ccc(-c4cccc5nsnc45)s3)s2)c2nsnc2c1. The van der Waals surface area contributed by atoms with Crippen LogP contribution in [0.1, 0.15) is 0 Å². The van der Waals surface area contributed by atoms with Crippen molar-refractivity contribution in [1.82, 2.24) is 17.5 Å². The molecule has 4 nitrogen and oxygen atoms in total. The average molecular weight is 435 g/mol. The largest absolute Gasteiger partial charge is 0.173 e. The Morgan fingerprint density at radius 1 is 0.464 bits per heavy atom. The van der Waals surface area contributed by atoms with Gasteiger partial charge in [0.25, 0.3) is 0 Å². The van der Waals surface area contributed by atoms with Gasteiger partial charge in [0.05, 0.1) is 23.5 Å². The van der Waals surface area contributed by atoms with E-state index in [1.165, 1.54) is 43.0 Å². The highest BCUT2D eigenvalue weighted by Crippen LogP contribution is 2.42. The number of rotatable bonds is 3. The van der Waals surface area contributed by atoms with Crippen molar-refractivity contribution < 1.29 is 0 Å². The molecule has 0 saturated carbocycles. The highest BCUT2D eigenvalue weighted by molar-refractivity contribution is 7.25. The molecule has 6 rings (SSSR count). The zero-order valence-electron chi connectivity index (χ0n) is 14.2. The summed E-state index contributed by atoms with van der Waals surface area (Å²) in [4.78, 5) is 4.95. The third kappa shape index (κ3) is 2.61. The van der Waals surface area contributed by atoms with Crippen molar-refractivity contribution in [3.8, 4) is 30.6 Å². The molecule has 28 heavy (non-hydrogen) atoms. The summed E-state index contributed by atoms with van der Waals surface area (Å²) in [6, 6.07) is 21.1. The van der Waals surface area contributed by atoms with Crippen LogP contribution in [-0.2, 0) is 0 Å². The lowest BCUT2D eigenvalue weighted by Crippen LogP contribution is -1.75. The molecule has 0 unspecified atom stereocenters. The molecule has 0 bridgehead atoms. The Bertz CT molecular complexity index is 1330. The molecular weight excluding hydrogens is 425 g/mol. The van der Waals surface area contributed by atoms with E-state index in [1.807, 2.05) is 24.3 Å². The van der Waals surface area contributed by atoms with Crippen LogP contribution in [0.5, 0.6) is 0 Å². The van der Waals surface area contributed by atoms with Crippen molar-refractivity contribution in [1.29, 1.82) is 0 Å². The maximum Gasteiger partial charge on any atom is 0.113 e. The summed E-state index contributed by atoms with van der Waals surface area (Å²) in [7, 11) is 0. The van der Waals surface area contributed by atoms with Gasteiger partial charge < -0.3 is 0 Å². The molecule has 0 saturated heterocycles. The zero-order chi connectivity index (χ0) is 18.5. The summed E-state index contributed by atoms with van der Waals surface area (Å²) in [6.07, 6.45) is 0. The second kappa shape index (κ2) is 6.52. The van der Waals surface area contributed by atoms with Gasteiger partial charge in [-0.1, -0.05) is 24.3 Å². The monoisotopic (exact) mass is 434 g/mol. The number of benzene rings is 2. The van der Waals surface area contributed by atoms with Gasteiger partial charge in [-0.2, -0.15) is 17.5 Å². The molecule has 6 aromatic rings. The Balaban J connectivity index is 1.41. The van der Waals surface area contributed by atoms with Crippen molar-refractivity contribution in [2.75, 3.05) is 0 Å². The first-order valence-electron chi connectivity index (χ1n) is 8.50. The number of hydrogen-bond acceptors (Lipinski definition) is 8. The minimum atomic E-state index is 0.959. The Kier molecular flexibility index (Phi) is 3.83. The lowest BCUT2D eigenvalue weighted by atomic mass is 10.1. The Morgan fingerprint density at radius 2 is 0.929 bits per heavy atom. The van der Waals surface area contributed by atoms with Gasteiger partial charge in [0.2, 0.25) is 0 Å². The van der Waals surface area contributed by atoms with E-state index in [0.29, 0.717) is 0 Å². The number of fused-ring (bicyclic) bond motifs is 2. The highest BCUT2D eigenvalue weighted by atomic mass is 32.1. The fourth-order valence-electron chi connectivity index (χ4n) is 3.24. The summed E-state index contributed by atoms with van der Waals surface area (Å²) >= 11 is 6.11. The van der Waals surface area contributed by atoms with Gasteiger partial charge in [-0.15, -0.1) is 22.7 Å². The van der Waals surface area contributed by atoms with Crippen LogP contribution in [0.4, 0.5) is 0 Å². The second-order valence-corrected chi connectivity index (χ2v) is 9.43. The molecule has 0 aliphatic heterocycles. The quantitative estimate of drug-likeness (QED) is 0.307. The van der Waals surface area contributed by atoms with Gasteiger partial charge in [0.1, 0.15) is 22.1 Å². The van der Waals surface area contributed by atoms with E-state index in [0.717, 1.165) is 33.2 Å². The van der Waals surface area contributed by atoms with E-state index >= 15 is 0 Å². The van der Waals surface area contributed by atoms with Crippen LogP contribution < -0.4 is 0 Å². The summed E-state index contributed by atoms with van der Waals surface area (Å²) in [6.45, 7) is 0. The molecule has 134 valence electrons. The summed E-state index contributed by atoms with van der Waals surface area (Å²) in [5, 5.41) is 0. The van der Waals surface area contributed by atoms with E-state index in [1.54, 1.807) is 22.7 Å². The molecule has 0 N–H and O–H groups in total. The molecule has 0 fully saturated rings. The van der Waals surface area contributed by atoms with Crippen LogP contribution >= 0.6 is 46.1 Å². The van der Waals surface area contributed by atoms with E-state index < -0.39 is 0 Å². The normalized spacial score (nSPS) is 11.6. The molecule has 8 heteroatoms. The molecular formula is C20H10N4S4. The fraction of sp³-hybridized carbons (Fsp3) is 0. The minimum absolute atomic E-state index is 0.959. The maximum absolute atomic E-state index is 4.47. The molecule has 2 aromatic carbocycles. The van der Waals surface area contributed by atoms with Gasteiger partial charge in [-0.25, -0.2) is 0 Å². The molecule has 4 heterocycles. The van der Waals surface area contributed by atoms with Gasteiger partial charge in [0, 0.05) is 30.6 Å². The highest BCUT2D eigenvalue weighted by Gasteiger charge is 2.14. The van der Waals surface area contributed by atoms with Crippen LogP contribution in [0.2, 0.25) is 0 Å². The smallest absolute Gasteiger partial charge is 0.113 e. The maximum atomic E-state index is 4.47. The van der Waals surface area contributed by atoms with E-state index in [9.17, 15) is 0 Å². The predicted molar refractivity (Wildman–Crippen MR) is 120 cm³/mol. The van der Waals surface area contributed by atoms with Gasteiger partial charge in [-0.3, -0.25) is 0 Å². The first kappa shape index (κ1) is 16.4. The minimum Gasteiger partial charge on any atom is -0.173 e. The molecule has 0 aliphatic rings. The van der Waals surface area contributed by atoms with E-state index in [2.05, 4.69) is 53.9 Å². The second-order valence-electron chi connectivity index (χ2n) is 6.20. The predicted octanol–water partition coefficient (Wildman–Crippen LogP) is 6.82. The van der Waals surface area contributed by atoms with Gasteiger partial charge in [-0.05, 0) is 36.4 Å². The Hall–Kier alpha value is -2.52. The lowest BCUT2D eigenvalue weighted by molar-refractivity contribution is 1.64. The Labute approximate surface area is 176 Å². The molecule has 0 spiro atoms. The fourth-order valence-corrected chi connectivity index (χ4v) is 6.49. The van der Waals surface area contributed by atoms with E-state index in [4.69, 9.17) is 0 Å². The van der Waals surface area contributed by atoms with Gasteiger partial charge in [0.15, 0.2) is 0 Å². The molecule has 0 amide bonds. The topological polar surface area (TPSA) is 51.6 Å². The Morgan fingerprint density at radius 3 is 1.43 bits per heavy atom. The van der Waals surface area contributed by atoms with Crippen LogP contribution in [0.15, 0.2) is 60.7 Å². The van der Waals surface area contributed by atoms with Crippen molar-refractivity contribution in [2.45, 2.75) is 0 Å². The summed E-state index contributed by atoms with van der Waals surface area (Å²) < 4.78 is 17.7. The lowest BCUT2D eigenvalue weighted by Gasteiger charge is -1.98. The third-order valence-electron chi connectivity index (χ3n) is 4.56. The van der Waals surface area contributed by atoms with Crippen molar-refractivity contribution >= 4 is 68.2 Å². The number of hydrogen-bond donors (Lipinski definition) is 0. The van der Waals surface area contributed by atoms with Gasteiger partial charge >= 0.3 is 0 Å². The third-order valence-corrected chi connectivity index (χ3v) is 8.08. The van der Waals surface area contributed by atoms with Crippen molar-refractivity contribution in [2.24, 2.45) is 0 Å².